The first kappa shape index (κ1) is 12.4. The lowest BCUT2D eigenvalue weighted by Gasteiger charge is -2.08. The standard InChI is InChI=1S/C13H13NO3S/c1-16-13(15)9-6-7-18-12(9)8-17-11-5-3-2-4-10(11)14/h2-7H,8,14H2,1H3. The number of hydrogen-bond donors (Lipinski definition) is 1. The number of ether oxygens (including phenoxy) is 2. The van der Waals surface area contributed by atoms with Gasteiger partial charge >= 0.3 is 5.97 Å². The van der Waals surface area contributed by atoms with E-state index in [1.165, 1.54) is 18.4 Å². The zero-order valence-corrected chi connectivity index (χ0v) is 10.7. The molecule has 0 atom stereocenters. The first-order chi connectivity index (χ1) is 8.72. The third kappa shape index (κ3) is 2.62. The van der Waals surface area contributed by atoms with Gasteiger partial charge in [-0.25, -0.2) is 4.79 Å². The molecule has 0 spiro atoms. The molecule has 4 nitrogen and oxygen atoms in total. The molecule has 0 bridgehead atoms. The molecule has 2 rings (SSSR count). The van der Waals surface area contributed by atoms with Crippen LogP contribution in [0.15, 0.2) is 35.7 Å². The molecule has 1 aromatic heterocycles. The minimum Gasteiger partial charge on any atom is -0.486 e. The van der Waals surface area contributed by atoms with Crippen LogP contribution in [0.2, 0.25) is 0 Å². The summed E-state index contributed by atoms with van der Waals surface area (Å²) in [5.41, 5.74) is 6.89. The molecular weight excluding hydrogens is 250 g/mol. The van der Waals surface area contributed by atoms with Crippen molar-refractivity contribution in [1.82, 2.24) is 0 Å². The predicted molar refractivity (Wildman–Crippen MR) is 70.8 cm³/mol. The van der Waals surface area contributed by atoms with Gasteiger partial charge in [0.1, 0.15) is 12.4 Å². The number of nitrogens with two attached hydrogens (primary N) is 1. The number of nitrogen functional groups attached to an aromatic ring is 1. The second-order valence-electron chi connectivity index (χ2n) is 3.58. The van der Waals surface area contributed by atoms with Crippen molar-refractivity contribution >= 4 is 23.0 Å². The summed E-state index contributed by atoms with van der Waals surface area (Å²) in [6, 6.07) is 8.98. The van der Waals surface area contributed by atoms with Crippen LogP contribution in [0.25, 0.3) is 0 Å². The van der Waals surface area contributed by atoms with Gasteiger partial charge in [-0.2, -0.15) is 0 Å². The molecule has 0 radical (unpaired) electrons. The Morgan fingerprint density at radius 3 is 2.83 bits per heavy atom. The first-order valence-electron chi connectivity index (χ1n) is 5.34. The Labute approximate surface area is 109 Å². The van der Waals surface area contributed by atoms with E-state index in [-0.39, 0.29) is 5.97 Å². The van der Waals surface area contributed by atoms with Gasteiger partial charge in [0.2, 0.25) is 0 Å². The monoisotopic (exact) mass is 263 g/mol. The van der Waals surface area contributed by atoms with Crippen molar-refractivity contribution in [2.45, 2.75) is 6.61 Å². The number of benzene rings is 1. The molecule has 5 heteroatoms. The number of rotatable bonds is 4. The molecule has 0 unspecified atom stereocenters. The van der Waals surface area contributed by atoms with Crippen LogP contribution in [0.3, 0.4) is 0 Å². The Kier molecular flexibility index (Phi) is 3.84. The van der Waals surface area contributed by atoms with E-state index in [2.05, 4.69) is 0 Å². The highest BCUT2D eigenvalue weighted by Gasteiger charge is 2.13. The number of carbonyl (C=O) groups is 1. The summed E-state index contributed by atoms with van der Waals surface area (Å²) in [5.74, 6) is 0.262. The van der Waals surface area contributed by atoms with E-state index < -0.39 is 0 Å². The number of carbonyl (C=O) groups excluding carboxylic acids is 1. The summed E-state index contributed by atoms with van der Waals surface area (Å²) >= 11 is 1.45. The molecule has 0 aliphatic carbocycles. The molecule has 2 aromatic rings. The van der Waals surface area contributed by atoms with Gasteiger partial charge in [0.05, 0.1) is 23.2 Å². The van der Waals surface area contributed by atoms with E-state index in [4.69, 9.17) is 15.2 Å². The molecule has 0 saturated carbocycles. The molecule has 0 aliphatic heterocycles. The van der Waals surface area contributed by atoms with Gasteiger partial charge in [0, 0.05) is 0 Å². The average molecular weight is 263 g/mol. The quantitative estimate of drug-likeness (QED) is 0.680. The number of anilines is 1. The van der Waals surface area contributed by atoms with Crippen LogP contribution in [0.4, 0.5) is 5.69 Å². The fourth-order valence-electron chi connectivity index (χ4n) is 1.50. The molecule has 2 N–H and O–H groups in total. The van der Waals surface area contributed by atoms with Crippen molar-refractivity contribution in [3.8, 4) is 5.75 Å². The maximum Gasteiger partial charge on any atom is 0.339 e. The normalized spacial score (nSPS) is 10.1. The van der Waals surface area contributed by atoms with Crippen LogP contribution in [0.5, 0.6) is 5.75 Å². The van der Waals surface area contributed by atoms with E-state index in [0.29, 0.717) is 23.6 Å². The van der Waals surface area contributed by atoms with E-state index in [9.17, 15) is 4.79 Å². The van der Waals surface area contributed by atoms with Gasteiger partial charge in [-0.05, 0) is 23.6 Å². The second-order valence-corrected chi connectivity index (χ2v) is 4.58. The summed E-state index contributed by atoms with van der Waals surface area (Å²) < 4.78 is 10.3. The van der Waals surface area contributed by atoms with Gasteiger partial charge in [0.15, 0.2) is 0 Å². The Hall–Kier alpha value is -2.01. The zero-order valence-electron chi connectivity index (χ0n) is 9.88. The van der Waals surface area contributed by atoms with Crippen LogP contribution in [-0.2, 0) is 11.3 Å². The smallest absolute Gasteiger partial charge is 0.339 e. The fraction of sp³-hybridized carbons (Fsp3) is 0.154. The number of esters is 1. The second kappa shape index (κ2) is 5.55. The number of thiophene rings is 1. The highest BCUT2D eigenvalue weighted by molar-refractivity contribution is 7.10. The third-order valence-electron chi connectivity index (χ3n) is 2.43. The van der Waals surface area contributed by atoms with Crippen LogP contribution in [-0.4, -0.2) is 13.1 Å². The van der Waals surface area contributed by atoms with Crippen molar-refractivity contribution in [1.29, 1.82) is 0 Å². The van der Waals surface area contributed by atoms with E-state index in [1.807, 2.05) is 17.5 Å². The Balaban J connectivity index is 2.09. The third-order valence-corrected chi connectivity index (χ3v) is 3.32. The average Bonchev–Trinajstić information content (AvgIpc) is 2.85. The zero-order chi connectivity index (χ0) is 13.0. The van der Waals surface area contributed by atoms with E-state index in [0.717, 1.165) is 4.88 Å². The molecule has 94 valence electrons. The molecule has 0 fully saturated rings. The lowest BCUT2D eigenvalue weighted by atomic mass is 10.2. The summed E-state index contributed by atoms with van der Waals surface area (Å²) in [6.07, 6.45) is 0. The van der Waals surface area contributed by atoms with Crippen LogP contribution in [0.1, 0.15) is 15.2 Å². The molecule has 1 aromatic carbocycles. The van der Waals surface area contributed by atoms with E-state index >= 15 is 0 Å². The maximum absolute atomic E-state index is 11.5. The van der Waals surface area contributed by atoms with Gasteiger partial charge in [-0.3, -0.25) is 0 Å². The summed E-state index contributed by atoms with van der Waals surface area (Å²) in [7, 11) is 1.36. The Morgan fingerprint density at radius 1 is 1.33 bits per heavy atom. The lowest BCUT2D eigenvalue weighted by Crippen LogP contribution is -2.05. The van der Waals surface area contributed by atoms with Crippen LogP contribution >= 0.6 is 11.3 Å². The molecule has 1 heterocycles. The fourth-order valence-corrected chi connectivity index (χ4v) is 2.27. The summed E-state index contributed by atoms with van der Waals surface area (Å²) in [6.45, 7) is 0.302. The summed E-state index contributed by atoms with van der Waals surface area (Å²) in [4.78, 5) is 12.3. The van der Waals surface area contributed by atoms with Crippen molar-refractivity contribution in [3.05, 3.63) is 46.2 Å². The highest BCUT2D eigenvalue weighted by Crippen LogP contribution is 2.24. The lowest BCUT2D eigenvalue weighted by molar-refractivity contribution is 0.0598. The predicted octanol–water partition coefficient (Wildman–Crippen LogP) is 2.70. The minimum atomic E-state index is -0.351. The molecule has 0 saturated heterocycles. The van der Waals surface area contributed by atoms with Crippen molar-refractivity contribution in [2.75, 3.05) is 12.8 Å². The maximum atomic E-state index is 11.5. The van der Waals surface area contributed by atoms with Crippen molar-refractivity contribution < 1.29 is 14.3 Å². The number of para-hydroxylation sites is 2. The minimum absolute atomic E-state index is 0.302. The first-order valence-corrected chi connectivity index (χ1v) is 6.22. The van der Waals surface area contributed by atoms with Gasteiger partial charge < -0.3 is 15.2 Å². The SMILES string of the molecule is COC(=O)c1ccsc1COc1ccccc1N. The summed E-state index contributed by atoms with van der Waals surface area (Å²) in [5, 5.41) is 1.83. The highest BCUT2D eigenvalue weighted by atomic mass is 32.1. The van der Waals surface area contributed by atoms with E-state index in [1.54, 1.807) is 18.2 Å². The Morgan fingerprint density at radius 2 is 2.11 bits per heavy atom. The van der Waals surface area contributed by atoms with Crippen LogP contribution < -0.4 is 10.5 Å². The van der Waals surface area contributed by atoms with Crippen molar-refractivity contribution in [2.24, 2.45) is 0 Å². The topological polar surface area (TPSA) is 61.5 Å². The molecule has 0 amide bonds. The van der Waals surface area contributed by atoms with Gasteiger partial charge in [0.25, 0.3) is 0 Å². The number of methoxy groups -OCH3 is 1. The van der Waals surface area contributed by atoms with Crippen LogP contribution in [0, 0.1) is 0 Å². The molecular formula is C13H13NO3S. The van der Waals surface area contributed by atoms with Gasteiger partial charge in [-0.15, -0.1) is 11.3 Å². The Bertz CT molecular complexity index is 551. The largest absolute Gasteiger partial charge is 0.486 e. The van der Waals surface area contributed by atoms with Crippen molar-refractivity contribution in [3.63, 3.8) is 0 Å². The van der Waals surface area contributed by atoms with Gasteiger partial charge in [-0.1, -0.05) is 12.1 Å². The molecule has 0 aliphatic rings. The number of hydrogen-bond acceptors (Lipinski definition) is 5. The molecule has 18 heavy (non-hydrogen) atoms.